The quantitative estimate of drug-likeness (QED) is 0.294. The molecule has 0 spiro atoms. The van der Waals surface area contributed by atoms with E-state index in [9.17, 15) is 0 Å². The van der Waals surface area contributed by atoms with E-state index in [0.717, 1.165) is 0 Å². The summed E-state index contributed by atoms with van der Waals surface area (Å²) in [5.41, 5.74) is 0. The van der Waals surface area contributed by atoms with Gasteiger partial charge in [0.25, 0.3) is 0 Å². The first-order valence-electron chi connectivity index (χ1n) is 0.612. The predicted octanol–water partition coefficient (Wildman–Crippen LogP) is -9.52. The molecule has 26 valence electrons. The molecule has 0 bridgehead atoms. The Balaban J connectivity index is -0.0000000150. The summed E-state index contributed by atoms with van der Waals surface area (Å²) < 4.78 is 8.52. The summed E-state index contributed by atoms with van der Waals surface area (Å²) in [6.07, 6.45) is 0. The molecule has 0 aliphatic carbocycles. The van der Waals surface area contributed by atoms with E-state index in [1.54, 1.807) is 0 Å². The van der Waals surface area contributed by atoms with Gasteiger partial charge in [-0.25, -0.2) is 0 Å². The van der Waals surface area contributed by atoms with Crippen molar-refractivity contribution < 1.29 is 51.8 Å². The van der Waals surface area contributed by atoms with E-state index in [2.05, 4.69) is 0 Å². The Morgan fingerprint density at radius 1 is 1.14 bits per heavy atom. The van der Waals surface area contributed by atoms with E-state index in [1.165, 1.54) is 0 Å². The van der Waals surface area contributed by atoms with Gasteiger partial charge >= 0.3 is 67.3 Å². The molecule has 0 N–H and O–H groups in total. The molecule has 0 saturated carbocycles. The van der Waals surface area contributed by atoms with Crippen LogP contribution in [-0.4, -0.2) is 38.7 Å². The van der Waals surface area contributed by atoms with Crippen LogP contribution in [0.1, 0.15) is 0 Å². The van der Waals surface area contributed by atoms with Crippen molar-refractivity contribution in [2.75, 3.05) is 0 Å². The van der Waals surface area contributed by atoms with Gasteiger partial charge in [0.1, 0.15) is 0 Å². The second kappa shape index (κ2) is 15.7. The summed E-state index contributed by atoms with van der Waals surface area (Å²) in [7, 11) is -3.63. The molecular formula is HLi2NaO3Si. The summed E-state index contributed by atoms with van der Waals surface area (Å²) >= 11 is 0. The van der Waals surface area contributed by atoms with Crippen LogP contribution in [-0.2, 0) is 4.46 Å². The van der Waals surface area contributed by atoms with E-state index in [1.807, 2.05) is 0 Å². The zero-order valence-electron chi connectivity index (χ0n) is 3.72. The molecule has 0 aliphatic heterocycles. The molecule has 0 fully saturated rings. The maximum atomic E-state index is 8.52. The van der Waals surface area contributed by atoms with Gasteiger partial charge in [-0.15, -0.1) is 0 Å². The third kappa shape index (κ3) is 80.4. The third-order valence-corrected chi connectivity index (χ3v) is 0. The van der Waals surface area contributed by atoms with Gasteiger partial charge in [0.05, 0.1) is 0 Å². The first-order valence-corrected chi connectivity index (χ1v) is 1.84. The predicted molar refractivity (Wildman–Crippen MR) is 13.6 cm³/mol. The van der Waals surface area contributed by atoms with Crippen LogP contribution in [0.5, 0.6) is 0 Å². The van der Waals surface area contributed by atoms with Gasteiger partial charge in [-0.1, -0.05) is 0 Å². The number of rotatable bonds is 0. The average molecular weight is 114 g/mol. The topological polar surface area (TPSA) is 63.2 Å². The minimum absolute atomic E-state index is 0. The van der Waals surface area contributed by atoms with Gasteiger partial charge in [0.15, 0.2) is 0 Å². The number of hydrogen-bond acceptors (Lipinski definition) is 3. The molecule has 0 aromatic carbocycles. The van der Waals surface area contributed by atoms with E-state index >= 15 is 0 Å². The fourth-order valence-electron chi connectivity index (χ4n) is 0. The Kier molecular flexibility index (Phi) is 51.9. The average Bonchev–Trinajstić information content (AvgIpc) is 0.811. The normalized spacial score (nSPS) is 3.43. The molecule has 0 aliphatic rings. The van der Waals surface area contributed by atoms with Crippen LogP contribution in [0.4, 0.5) is 0 Å². The first-order chi connectivity index (χ1) is 1.73. The molecule has 0 aromatic rings. The monoisotopic (exact) mass is 114 g/mol. The summed E-state index contributed by atoms with van der Waals surface area (Å²) in [5.74, 6) is 0. The Labute approximate surface area is 89.4 Å². The fraction of sp³-hybridized carbons (Fsp3) is 0. The second-order valence-corrected chi connectivity index (χ2v) is 0.750. The van der Waals surface area contributed by atoms with E-state index < -0.39 is 9.17 Å². The molecule has 0 heterocycles. The zero-order chi connectivity index (χ0) is 3.58. The van der Waals surface area contributed by atoms with Gasteiger partial charge in [-0.05, 0) is 0 Å². The van der Waals surface area contributed by atoms with Crippen LogP contribution in [0.2, 0.25) is 0 Å². The van der Waals surface area contributed by atoms with Gasteiger partial charge in [-0.2, -0.15) is 0 Å². The second-order valence-electron chi connectivity index (χ2n) is 0.250. The van der Waals surface area contributed by atoms with E-state index in [4.69, 9.17) is 14.1 Å². The van der Waals surface area contributed by atoms with Crippen LogP contribution in [0, 0.1) is 0 Å². The van der Waals surface area contributed by atoms with Gasteiger partial charge in [0, 0.05) is 9.17 Å². The SMILES string of the molecule is O=[Si]([O-])[O-].[Li+].[Li+].[NaH]. The molecule has 3 nitrogen and oxygen atoms in total. The molecule has 0 unspecified atom stereocenters. The molecule has 0 rings (SSSR count). The summed E-state index contributed by atoms with van der Waals surface area (Å²) in [6, 6.07) is 0. The molecule has 0 atom stereocenters. The Bertz CT molecular complexity index is 35.9. The molecule has 7 heavy (non-hydrogen) atoms. The maximum absolute atomic E-state index is 8.52. The van der Waals surface area contributed by atoms with Crippen molar-refractivity contribution in [1.82, 2.24) is 0 Å². The van der Waals surface area contributed by atoms with Gasteiger partial charge in [-0.3, -0.25) is 0 Å². The van der Waals surface area contributed by atoms with Crippen LogP contribution >= 0.6 is 0 Å². The molecule has 0 amide bonds. The van der Waals surface area contributed by atoms with Crippen molar-refractivity contribution in [2.24, 2.45) is 0 Å². The van der Waals surface area contributed by atoms with Crippen molar-refractivity contribution in [1.29, 1.82) is 0 Å². The number of hydrogen-bond donors (Lipinski definition) is 0. The Hall–Kier alpha value is 1.81. The fourth-order valence-corrected chi connectivity index (χ4v) is 0. The first kappa shape index (κ1) is 23.2. The van der Waals surface area contributed by atoms with Gasteiger partial charge in [0.2, 0.25) is 0 Å². The van der Waals surface area contributed by atoms with Gasteiger partial charge < -0.3 is 14.1 Å². The van der Waals surface area contributed by atoms with Crippen molar-refractivity contribution >= 4 is 38.7 Å². The standard InChI is InChI=1S/2Li.Na.O3Si.H/c;;;1-4(2)3;/q2*+1;;-2;. The Morgan fingerprint density at radius 3 is 1.14 bits per heavy atom. The molecule has 7 heteroatoms. The van der Waals surface area contributed by atoms with Crippen molar-refractivity contribution in [2.45, 2.75) is 0 Å². The molecular weight excluding hydrogens is 113 g/mol. The van der Waals surface area contributed by atoms with Crippen LogP contribution in [0.15, 0.2) is 0 Å². The van der Waals surface area contributed by atoms with Crippen molar-refractivity contribution in [3.05, 3.63) is 0 Å². The zero-order valence-corrected chi connectivity index (χ0v) is 4.72. The van der Waals surface area contributed by atoms with Crippen molar-refractivity contribution in [3.8, 4) is 0 Å². The van der Waals surface area contributed by atoms with Crippen molar-refractivity contribution in [3.63, 3.8) is 0 Å². The van der Waals surface area contributed by atoms with E-state index in [0.29, 0.717) is 0 Å². The molecule has 0 aromatic heterocycles. The molecule has 0 saturated heterocycles. The Morgan fingerprint density at radius 2 is 1.14 bits per heavy atom. The summed E-state index contributed by atoms with van der Waals surface area (Å²) in [6.45, 7) is 0. The van der Waals surface area contributed by atoms with Crippen LogP contribution in [0.3, 0.4) is 0 Å². The molecule has 0 radical (unpaired) electrons. The third-order valence-electron chi connectivity index (χ3n) is 0. The van der Waals surface area contributed by atoms with Crippen LogP contribution < -0.4 is 47.3 Å². The summed E-state index contributed by atoms with van der Waals surface area (Å²) in [5, 5.41) is 0. The van der Waals surface area contributed by atoms with Crippen LogP contribution in [0.25, 0.3) is 0 Å². The minimum atomic E-state index is -3.63. The summed E-state index contributed by atoms with van der Waals surface area (Å²) in [4.78, 5) is 17.0. The van der Waals surface area contributed by atoms with E-state index in [-0.39, 0.29) is 67.3 Å².